The first-order valence-electron chi connectivity index (χ1n) is 6.34. The van der Waals surface area contributed by atoms with Crippen LogP contribution in [0.2, 0.25) is 0 Å². The summed E-state index contributed by atoms with van der Waals surface area (Å²) < 4.78 is 5.29. The number of benzene rings is 1. The quantitative estimate of drug-likeness (QED) is 0.282. The molecule has 0 amide bonds. The second-order valence-electron chi connectivity index (χ2n) is 4.45. The van der Waals surface area contributed by atoms with Crippen molar-refractivity contribution in [3.05, 3.63) is 33.9 Å². The highest BCUT2D eigenvalue weighted by Gasteiger charge is 2.39. The van der Waals surface area contributed by atoms with Crippen LogP contribution in [0.4, 0.5) is 0 Å². The lowest BCUT2D eigenvalue weighted by Gasteiger charge is -2.08. The summed E-state index contributed by atoms with van der Waals surface area (Å²) >= 11 is 1.67. The first-order chi connectivity index (χ1) is 9.13. The van der Waals surface area contributed by atoms with Crippen molar-refractivity contribution in [2.75, 3.05) is 12.3 Å². The Morgan fingerprint density at radius 3 is 3.05 bits per heavy atom. The summed E-state index contributed by atoms with van der Waals surface area (Å²) in [6, 6.07) is 5.59. The molecule has 0 spiro atoms. The van der Waals surface area contributed by atoms with Gasteiger partial charge in [-0.2, -0.15) is 0 Å². The zero-order valence-corrected chi connectivity index (χ0v) is 11.6. The van der Waals surface area contributed by atoms with E-state index in [0.29, 0.717) is 5.46 Å². The third kappa shape index (κ3) is 3.29. The van der Waals surface area contributed by atoms with Crippen LogP contribution in [-0.2, 0) is 4.65 Å². The van der Waals surface area contributed by atoms with Gasteiger partial charge in [-0.3, -0.25) is 10.1 Å². The monoisotopic (exact) mass is 281 g/mol. The minimum Gasteiger partial charge on any atom is -0.423 e. The maximum atomic E-state index is 10.6. The Morgan fingerprint density at radius 2 is 2.37 bits per heavy atom. The standard InChI is InChI=1S/C12H16BNO4S/c1-2-3-7-19-11-6-4-5-9-10(8-14(16)17)18-13(15)12(9)11/h4-6,10,15H,2-3,7-8H2,1H3. The van der Waals surface area contributed by atoms with E-state index < -0.39 is 18.1 Å². The molecule has 19 heavy (non-hydrogen) atoms. The van der Waals surface area contributed by atoms with Crippen LogP contribution in [0.3, 0.4) is 0 Å². The van der Waals surface area contributed by atoms with Gasteiger partial charge >= 0.3 is 7.12 Å². The summed E-state index contributed by atoms with van der Waals surface area (Å²) in [4.78, 5) is 11.2. The van der Waals surface area contributed by atoms with E-state index in [2.05, 4.69) is 6.92 Å². The minimum absolute atomic E-state index is 0.312. The van der Waals surface area contributed by atoms with Gasteiger partial charge in [0.1, 0.15) is 6.10 Å². The van der Waals surface area contributed by atoms with Crippen LogP contribution in [0.1, 0.15) is 31.4 Å². The van der Waals surface area contributed by atoms with Crippen LogP contribution in [-0.4, -0.2) is 29.4 Å². The summed E-state index contributed by atoms with van der Waals surface area (Å²) in [6.07, 6.45) is 1.57. The molecule has 5 nitrogen and oxygen atoms in total. The summed E-state index contributed by atoms with van der Waals surface area (Å²) in [5.41, 5.74) is 1.45. The molecule has 1 N–H and O–H groups in total. The molecule has 1 unspecified atom stereocenters. The number of unbranched alkanes of at least 4 members (excludes halogenated alkanes) is 1. The SMILES string of the molecule is CCCCSc1cccc2c1B(O)OC2C[N+](=O)[O-]. The van der Waals surface area contributed by atoms with Gasteiger partial charge in [-0.1, -0.05) is 25.5 Å². The van der Waals surface area contributed by atoms with Crippen LogP contribution in [0.25, 0.3) is 0 Å². The number of hydrogen-bond acceptors (Lipinski definition) is 5. The van der Waals surface area contributed by atoms with Crippen LogP contribution in [0.15, 0.2) is 23.1 Å². The zero-order valence-electron chi connectivity index (χ0n) is 10.7. The van der Waals surface area contributed by atoms with Crippen LogP contribution >= 0.6 is 11.8 Å². The van der Waals surface area contributed by atoms with Gasteiger partial charge < -0.3 is 9.68 Å². The molecule has 0 aromatic heterocycles. The van der Waals surface area contributed by atoms with Crippen molar-refractivity contribution in [2.24, 2.45) is 0 Å². The molecule has 0 aliphatic carbocycles. The molecule has 0 saturated carbocycles. The van der Waals surface area contributed by atoms with Gasteiger partial charge in [0, 0.05) is 15.3 Å². The summed E-state index contributed by atoms with van der Waals surface area (Å²) in [6.45, 7) is 1.81. The summed E-state index contributed by atoms with van der Waals surface area (Å²) in [5, 5.41) is 20.6. The lowest BCUT2D eigenvalue weighted by Crippen LogP contribution is -2.30. The molecule has 1 heterocycles. The number of nitrogens with zero attached hydrogens (tertiary/aromatic N) is 1. The Labute approximate surface area is 116 Å². The molecule has 0 bridgehead atoms. The van der Waals surface area contributed by atoms with Crippen LogP contribution < -0.4 is 5.46 Å². The van der Waals surface area contributed by atoms with Crippen molar-refractivity contribution in [3.63, 3.8) is 0 Å². The van der Waals surface area contributed by atoms with Crippen LogP contribution in [0, 0.1) is 10.1 Å². The van der Waals surface area contributed by atoms with E-state index in [-0.39, 0.29) is 6.54 Å². The van der Waals surface area contributed by atoms with E-state index >= 15 is 0 Å². The normalized spacial score (nSPS) is 17.6. The molecule has 1 aromatic carbocycles. The third-order valence-corrected chi connectivity index (χ3v) is 4.22. The second kappa shape index (κ2) is 6.41. The largest absolute Gasteiger partial charge is 0.493 e. The van der Waals surface area contributed by atoms with Crippen molar-refractivity contribution in [3.8, 4) is 0 Å². The van der Waals surface area contributed by atoms with Crippen molar-refractivity contribution < 1.29 is 14.6 Å². The van der Waals surface area contributed by atoms with Crippen molar-refractivity contribution in [2.45, 2.75) is 30.8 Å². The average molecular weight is 281 g/mol. The molecule has 0 fully saturated rings. The van der Waals surface area contributed by atoms with Gasteiger partial charge in [-0.25, -0.2) is 0 Å². The predicted octanol–water partition coefficient (Wildman–Crippen LogP) is 1.61. The fourth-order valence-corrected chi connectivity index (χ4v) is 3.33. The number of fused-ring (bicyclic) bond motifs is 1. The lowest BCUT2D eigenvalue weighted by molar-refractivity contribution is -0.490. The lowest BCUT2D eigenvalue weighted by atomic mass is 9.79. The van der Waals surface area contributed by atoms with E-state index in [1.165, 1.54) is 0 Å². The van der Waals surface area contributed by atoms with E-state index in [4.69, 9.17) is 4.65 Å². The predicted molar refractivity (Wildman–Crippen MR) is 75.4 cm³/mol. The van der Waals surface area contributed by atoms with Crippen molar-refractivity contribution >= 4 is 24.3 Å². The van der Waals surface area contributed by atoms with Crippen molar-refractivity contribution in [1.29, 1.82) is 0 Å². The smallest absolute Gasteiger partial charge is 0.423 e. The second-order valence-corrected chi connectivity index (χ2v) is 5.59. The van der Waals surface area contributed by atoms with E-state index in [1.54, 1.807) is 17.8 Å². The third-order valence-electron chi connectivity index (χ3n) is 3.06. The molecule has 7 heteroatoms. The number of thioether (sulfide) groups is 1. The Bertz CT molecular complexity index is 471. The van der Waals surface area contributed by atoms with Gasteiger partial charge in [-0.15, -0.1) is 11.8 Å². The maximum absolute atomic E-state index is 10.6. The Hall–Kier alpha value is -1.05. The summed E-state index contributed by atoms with van der Waals surface area (Å²) in [5.74, 6) is 0.972. The minimum atomic E-state index is -1.05. The molecule has 0 radical (unpaired) electrons. The Morgan fingerprint density at radius 1 is 1.58 bits per heavy atom. The van der Waals surface area contributed by atoms with E-state index in [9.17, 15) is 15.1 Å². The fraction of sp³-hybridized carbons (Fsp3) is 0.500. The maximum Gasteiger partial charge on any atom is 0.493 e. The molecular weight excluding hydrogens is 265 g/mol. The zero-order chi connectivity index (χ0) is 13.8. The Balaban J connectivity index is 2.20. The molecular formula is C12H16BNO4S. The topological polar surface area (TPSA) is 72.6 Å². The molecule has 1 aliphatic rings. The number of rotatable bonds is 6. The highest BCUT2D eigenvalue weighted by atomic mass is 32.2. The molecule has 102 valence electrons. The average Bonchev–Trinajstić information content (AvgIpc) is 2.67. The number of nitro groups is 1. The van der Waals surface area contributed by atoms with Gasteiger partial charge in [0.2, 0.25) is 6.54 Å². The first kappa shape index (κ1) is 14.4. The van der Waals surface area contributed by atoms with Gasteiger partial charge in [0.15, 0.2) is 0 Å². The Kier molecular flexibility index (Phi) is 4.84. The van der Waals surface area contributed by atoms with Gasteiger partial charge in [0.05, 0.1) is 0 Å². The number of hydrogen-bond donors (Lipinski definition) is 1. The fourth-order valence-electron chi connectivity index (χ4n) is 2.13. The molecule has 1 aliphatic heterocycles. The molecule has 0 saturated heterocycles. The van der Waals surface area contributed by atoms with Gasteiger partial charge in [0.25, 0.3) is 0 Å². The van der Waals surface area contributed by atoms with Crippen molar-refractivity contribution in [1.82, 2.24) is 0 Å². The molecule has 2 rings (SSSR count). The highest BCUT2D eigenvalue weighted by molar-refractivity contribution is 7.99. The molecule has 1 aromatic rings. The highest BCUT2D eigenvalue weighted by Crippen LogP contribution is 2.29. The van der Waals surface area contributed by atoms with Gasteiger partial charge in [-0.05, 0) is 23.8 Å². The first-order valence-corrected chi connectivity index (χ1v) is 7.33. The summed E-state index contributed by atoms with van der Waals surface area (Å²) in [7, 11) is -1.05. The van der Waals surface area contributed by atoms with E-state index in [1.807, 2.05) is 12.1 Å². The van der Waals surface area contributed by atoms with Crippen LogP contribution in [0.5, 0.6) is 0 Å². The molecule has 1 atom stereocenters. The van der Waals surface area contributed by atoms with E-state index in [0.717, 1.165) is 29.1 Å².